The minimum Gasteiger partial charge on any atom is -0.340 e. The minimum absolute atomic E-state index is 0.112. The second-order valence-corrected chi connectivity index (χ2v) is 8.24. The molecule has 2 aromatic rings. The van der Waals surface area contributed by atoms with Crippen LogP contribution in [0.1, 0.15) is 30.7 Å². The first-order valence-corrected chi connectivity index (χ1v) is 10.8. The van der Waals surface area contributed by atoms with Gasteiger partial charge in [0.25, 0.3) is 5.56 Å². The van der Waals surface area contributed by atoms with E-state index in [4.69, 9.17) is 0 Å². The summed E-state index contributed by atoms with van der Waals surface area (Å²) in [6.07, 6.45) is 7.15. The summed E-state index contributed by atoms with van der Waals surface area (Å²) in [5, 5.41) is 8.96. The third kappa shape index (κ3) is 4.53. The Morgan fingerprint density at radius 3 is 2.53 bits per heavy atom. The van der Waals surface area contributed by atoms with Crippen molar-refractivity contribution in [1.82, 2.24) is 29.4 Å². The predicted molar refractivity (Wildman–Crippen MR) is 115 cm³/mol. The van der Waals surface area contributed by atoms with Gasteiger partial charge in [-0.2, -0.15) is 5.10 Å². The lowest BCUT2D eigenvalue weighted by Gasteiger charge is -2.36. The van der Waals surface area contributed by atoms with Gasteiger partial charge in [0.2, 0.25) is 5.91 Å². The van der Waals surface area contributed by atoms with E-state index in [9.17, 15) is 9.59 Å². The van der Waals surface area contributed by atoms with Gasteiger partial charge in [-0.05, 0) is 45.2 Å². The molecular formula is C22H30N6O2. The molecule has 0 spiro atoms. The molecule has 0 aromatic carbocycles. The third-order valence-corrected chi connectivity index (χ3v) is 6.01. The van der Waals surface area contributed by atoms with Crippen LogP contribution in [0.25, 0.3) is 5.82 Å². The topological polar surface area (TPSA) is 76.3 Å². The normalized spacial score (nSPS) is 19.9. The van der Waals surface area contributed by atoms with Crippen molar-refractivity contribution in [3.8, 4) is 5.82 Å². The number of carbonyl (C=O) groups excluding carboxylic acids is 1. The van der Waals surface area contributed by atoms with Crippen LogP contribution in [0, 0.1) is 19.8 Å². The van der Waals surface area contributed by atoms with Crippen LogP contribution in [0.3, 0.4) is 0 Å². The first-order valence-electron chi connectivity index (χ1n) is 10.8. The lowest BCUT2D eigenvalue weighted by Crippen LogP contribution is -2.51. The van der Waals surface area contributed by atoms with Crippen molar-refractivity contribution in [3.63, 3.8) is 0 Å². The molecule has 3 heterocycles. The zero-order chi connectivity index (χ0) is 21.1. The summed E-state index contributed by atoms with van der Waals surface area (Å²) < 4.78 is 3.27. The van der Waals surface area contributed by atoms with Gasteiger partial charge in [-0.25, -0.2) is 9.36 Å². The number of piperazine rings is 1. The summed E-state index contributed by atoms with van der Waals surface area (Å²) >= 11 is 0. The number of nitrogens with zero attached hydrogens (tertiary/aromatic N) is 6. The van der Waals surface area contributed by atoms with Gasteiger partial charge in [0.15, 0.2) is 5.82 Å². The van der Waals surface area contributed by atoms with Crippen LogP contribution in [0.2, 0.25) is 0 Å². The van der Waals surface area contributed by atoms with Gasteiger partial charge in [-0.1, -0.05) is 12.2 Å². The number of carbonyl (C=O) groups is 1. The number of hydrogen-bond acceptors (Lipinski definition) is 5. The fraction of sp³-hybridized carbons (Fsp3) is 0.545. The summed E-state index contributed by atoms with van der Waals surface area (Å²) in [6.45, 7) is 8.35. The zero-order valence-corrected chi connectivity index (χ0v) is 17.8. The molecule has 8 heteroatoms. The number of amides is 1. The Bertz CT molecular complexity index is 984. The van der Waals surface area contributed by atoms with E-state index < -0.39 is 0 Å². The Labute approximate surface area is 176 Å². The second-order valence-electron chi connectivity index (χ2n) is 8.24. The fourth-order valence-electron chi connectivity index (χ4n) is 4.28. The van der Waals surface area contributed by atoms with E-state index in [1.54, 1.807) is 16.8 Å². The van der Waals surface area contributed by atoms with Crippen LogP contribution >= 0.6 is 0 Å². The van der Waals surface area contributed by atoms with Gasteiger partial charge in [0, 0.05) is 50.4 Å². The van der Waals surface area contributed by atoms with E-state index in [0.717, 1.165) is 63.4 Å². The molecule has 1 fully saturated rings. The van der Waals surface area contributed by atoms with Crippen LogP contribution in [0.15, 0.2) is 35.1 Å². The van der Waals surface area contributed by atoms with Crippen LogP contribution in [0.5, 0.6) is 0 Å². The van der Waals surface area contributed by atoms with E-state index in [0.29, 0.717) is 18.3 Å². The van der Waals surface area contributed by atoms with Gasteiger partial charge in [0.05, 0.1) is 12.2 Å². The molecule has 1 aliphatic carbocycles. The average molecular weight is 411 g/mol. The number of hydrogen-bond donors (Lipinski definition) is 0. The smallest absolute Gasteiger partial charge is 0.266 e. The Morgan fingerprint density at radius 1 is 1.07 bits per heavy atom. The summed E-state index contributed by atoms with van der Waals surface area (Å²) in [5.41, 5.74) is 1.79. The van der Waals surface area contributed by atoms with Gasteiger partial charge in [0.1, 0.15) is 0 Å². The van der Waals surface area contributed by atoms with Crippen LogP contribution in [0.4, 0.5) is 0 Å². The minimum atomic E-state index is -0.112. The molecule has 0 bridgehead atoms. The maximum absolute atomic E-state index is 12.7. The van der Waals surface area contributed by atoms with Gasteiger partial charge >= 0.3 is 0 Å². The highest BCUT2D eigenvalue weighted by Crippen LogP contribution is 2.21. The van der Waals surface area contributed by atoms with E-state index in [2.05, 4.69) is 27.2 Å². The van der Waals surface area contributed by atoms with Gasteiger partial charge in [-0.15, -0.1) is 5.10 Å². The maximum Gasteiger partial charge on any atom is 0.266 e. The largest absolute Gasteiger partial charge is 0.340 e. The molecule has 1 atom stereocenters. The van der Waals surface area contributed by atoms with Crippen molar-refractivity contribution in [2.75, 3.05) is 32.7 Å². The first kappa shape index (κ1) is 20.5. The number of rotatable bonds is 5. The number of aromatic nitrogens is 4. The summed E-state index contributed by atoms with van der Waals surface area (Å²) in [5.74, 6) is 1.10. The Morgan fingerprint density at radius 2 is 1.87 bits per heavy atom. The lowest BCUT2D eigenvalue weighted by molar-refractivity contribution is -0.137. The third-order valence-electron chi connectivity index (χ3n) is 6.01. The predicted octanol–water partition coefficient (Wildman–Crippen LogP) is 1.55. The molecule has 8 nitrogen and oxygen atoms in total. The van der Waals surface area contributed by atoms with E-state index >= 15 is 0 Å². The van der Waals surface area contributed by atoms with Crippen LogP contribution < -0.4 is 5.56 Å². The Kier molecular flexibility index (Phi) is 6.13. The Balaban J connectivity index is 1.33. The average Bonchev–Trinajstić information content (AvgIpc) is 3.11. The quantitative estimate of drug-likeness (QED) is 0.699. The second kappa shape index (κ2) is 8.95. The van der Waals surface area contributed by atoms with Crippen molar-refractivity contribution in [2.45, 2.75) is 39.7 Å². The SMILES string of the molecule is Cc1cc(C)n(-c2ccc(=O)n(CCN3CCN(C(=O)C4CC=CCC4)CC3)n2)n1. The van der Waals surface area contributed by atoms with Crippen LogP contribution in [-0.4, -0.2) is 68.0 Å². The van der Waals surface area contributed by atoms with Crippen LogP contribution in [-0.2, 0) is 11.3 Å². The molecule has 0 saturated carbocycles. The molecule has 1 saturated heterocycles. The van der Waals surface area contributed by atoms with Crippen molar-refractivity contribution in [1.29, 1.82) is 0 Å². The monoisotopic (exact) mass is 410 g/mol. The van der Waals surface area contributed by atoms with E-state index in [1.807, 2.05) is 24.8 Å². The highest BCUT2D eigenvalue weighted by molar-refractivity contribution is 5.79. The molecule has 1 unspecified atom stereocenters. The summed E-state index contributed by atoms with van der Waals surface area (Å²) in [4.78, 5) is 29.3. The van der Waals surface area contributed by atoms with Crippen molar-refractivity contribution >= 4 is 5.91 Å². The van der Waals surface area contributed by atoms with E-state index in [-0.39, 0.29) is 11.5 Å². The molecule has 0 N–H and O–H groups in total. The number of aryl methyl sites for hydroxylation is 2. The molecule has 2 aromatic heterocycles. The zero-order valence-electron chi connectivity index (χ0n) is 17.8. The molecular weight excluding hydrogens is 380 g/mol. The van der Waals surface area contributed by atoms with Gasteiger partial charge < -0.3 is 4.90 Å². The lowest BCUT2D eigenvalue weighted by atomic mass is 9.93. The van der Waals surface area contributed by atoms with Gasteiger partial charge in [-0.3, -0.25) is 14.5 Å². The summed E-state index contributed by atoms with van der Waals surface area (Å²) in [6, 6.07) is 5.25. The first-order chi connectivity index (χ1) is 14.5. The molecule has 0 radical (unpaired) electrons. The molecule has 4 rings (SSSR count). The number of allylic oxidation sites excluding steroid dienone is 2. The van der Waals surface area contributed by atoms with Crippen molar-refractivity contribution in [3.05, 3.63) is 52.1 Å². The summed E-state index contributed by atoms with van der Waals surface area (Å²) in [7, 11) is 0. The van der Waals surface area contributed by atoms with Crippen molar-refractivity contribution < 1.29 is 4.79 Å². The molecule has 30 heavy (non-hydrogen) atoms. The Hall–Kier alpha value is -2.74. The van der Waals surface area contributed by atoms with Crippen molar-refractivity contribution in [2.24, 2.45) is 5.92 Å². The molecule has 1 aliphatic heterocycles. The standard InChI is InChI=1S/C22H30N6O2/c1-17-16-18(2)28(23-17)20-8-9-21(29)27(24-20)15-12-25-10-13-26(14-11-25)22(30)19-6-4-3-5-7-19/h3-4,8-9,16,19H,5-7,10-15H2,1-2H3. The highest BCUT2D eigenvalue weighted by Gasteiger charge is 2.27. The molecule has 160 valence electrons. The van der Waals surface area contributed by atoms with E-state index in [1.165, 1.54) is 4.68 Å². The highest BCUT2D eigenvalue weighted by atomic mass is 16.2. The molecule has 2 aliphatic rings. The fourth-order valence-corrected chi connectivity index (χ4v) is 4.28. The molecule has 1 amide bonds. The maximum atomic E-state index is 12.7.